The minimum absolute atomic E-state index is 0.00271. The molecule has 0 aromatic carbocycles. The molecule has 1 aromatic heterocycles. The average molecular weight is 324 g/mol. The van der Waals surface area contributed by atoms with E-state index in [0.717, 1.165) is 0 Å². The van der Waals surface area contributed by atoms with E-state index in [1.165, 1.54) is 6.20 Å². The van der Waals surface area contributed by atoms with Gasteiger partial charge in [-0.3, -0.25) is 4.57 Å². The van der Waals surface area contributed by atoms with Crippen molar-refractivity contribution in [2.75, 3.05) is 5.73 Å². The van der Waals surface area contributed by atoms with Gasteiger partial charge >= 0.3 is 7.60 Å². The highest BCUT2D eigenvalue weighted by atomic mass is 79.9. The molecule has 0 fully saturated rings. The third-order valence-electron chi connectivity index (χ3n) is 2.93. The number of nitrogen functional groups attached to an aromatic ring is 1. The molecule has 0 radical (unpaired) electrons. The van der Waals surface area contributed by atoms with Crippen LogP contribution in [0.25, 0.3) is 0 Å². The maximum absolute atomic E-state index is 11.8. The van der Waals surface area contributed by atoms with Crippen LogP contribution in [-0.2, 0) is 9.72 Å². The monoisotopic (exact) mass is 323 g/mol. The second kappa shape index (κ2) is 5.02. The fraction of sp³-hybridized carbons (Fsp3) is 0.556. The SMILES string of the molecule is CCC(CC)(c1nc(N)ncc1Br)P(=O)(O)O. The maximum atomic E-state index is 11.8. The first-order chi connectivity index (χ1) is 7.78. The predicted molar refractivity (Wildman–Crippen MR) is 68.4 cm³/mol. The van der Waals surface area contributed by atoms with Crippen molar-refractivity contribution in [3.63, 3.8) is 0 Å². The lowest BCUT2D eigenvalue weighted by atomic mass is 9.98. The summed E-state index contributed by atoms with van der Waals surface area (Å²) in [5.41, 5.74) is 5.75. The van der Waals surface area contributed by atoms with Crippen molar-refractivity contribution in [3.8, 4) is 0 Å². The number of rotatable bonds is 4. The molecule has 0 atom stereocenters. The van der Waals surface area contributed by atoms with Gasteiger partial charge in [-0.15, -0.1) is 0 Å². The van der Waals surface area contributed by atoms with Crippen LogP contribution in [0, 0.1) is 0 Å². The van der Waals surface area contributed by atoms with Gasteiger partial charge in [0.05, 0.1) is 10.2 Å². The van der Waals surface area contributed by atoms with E-state index in [4.69, 9.17) is 5.73 Å². The quantitative estimate of drug-likeness (QED) is 0.731. The lowest BCUT2D eigenvalue weighted by Gasteiger charge is -2.32. The van der Waals surface area contributed by atoms with Gasteiger partial charge in [-0.05, 0) is 28.8 Å². The first-order valence-corrected chi connectivity index (χ1v) is 7.53. The molecule has 8 heteroatoms. The van der Waals surface area contributed by atoms with E-state index < -0.39 is 12.8 Å². The molecule has 4 N–H and O–H groups in total. The number of anilines is 1. The van der Waals surface area contributed by atoms with Gasteiger partial charge in [-0.25, -0.2) is 9.97 Å². The van der Waals surface area contributed by atoms with Crippen LogP contribution >= 0.6 is 23.5 Å². The lowest BCUT2D eigenvalue weighted by molar-refractivity contribution is 0.312. The average Bonchev–Trinajstić information content (AvgIpc) is 2.23. The first kappa shape index (κ1) is 14.6. The second-order valence-corrected chi connectivity index (χ2v) is 6.51. The van der Waals surface area contributed by atoms with Gasteiger partial charge in [0.1, 0.15) is 5.16 Å². The smallest absolute Gasteiger partial charge is 0.337 e. The molecule has 0 spiro atoms. The molecule has 0 unspecified atom stereocenters. The topological polar surface area (TPSA) is 109 Å². The molecule has 0 saturated heterocycles. The van der Waals surface area contributed by atoms with Crippen molar-refractivity contribution in [1.29, 1.82) is 0 Å². The second-order valence-electron chi connectivity index (χ2n) is 3.71. The van der Waals surface area contributed by atoms with Gasteiger partial charge in [0.15, 0.2) is 0 Å². The molecule has 1 heterocycles. The Labute approximate surface area is 108 Å². The molecule has 0 bridgehead atoms. The van der Waals surface area contributed by atoms with E-state index in [-0.39, 0.29) is 24.5 Å². The van der Waals surface area contributed by atoms with Gasteiger partial charge < -0.3 is 15.5 Å². The summed E-state index contributed by atoms with van der Waals surface area (Å²) in [7, 11) is -4.35. The largest absolute Gasteiger partial charge is 0.368 e. The summed E-state index contributed by atoms with van der Waals surface area (Å²) in [5, 5.41) is -1.32. The zero-order valence-corrected chi connectivity index (χ0v) is 12.1. The van der Waals surface area contributed by atoms with Crippen LogP contribution in [0.3, 0.4) is 0 Å². The van der Waals surface area contributed by atoms with Crippen molar-refractivity contribution < 1.29 is 14.4 Å². The molecule has 17 heavy (non-hydrogen) atoms. The van der Waals surface area contributed by atoms with Crippen molar-refractivity contribution in [2.45, 2.75) is 31.8 Å². The number of nitrogens with two attached hydrogens (primary N) is 1. The predicted octanol–water partition coefficient (Wildman–Crippen LogP) is 2.01. The van der Waals surface area contributed by atoms with E-state index in [2.05, 4.69) is 25.9 Å². The fourth-order valence-corrected chi connectivity index (χ4v) is 3.84. The van der Waals surface area contributed by atoms with E-state index in [1.807, 2.05) is 0 Å². The highest BCUT2D eigenvalue weighted by Gasteiger charge is 2.48. The summed E-state index contributed by atoms with van der Waals surface area (Å²) in [6, 6.07) is 0. The molecular formula is C9H15BrN3O3P. The molecule has 0 saturated carbocycles. The van der Waals surface area contributed by atoms with Gasteiger partial charge in [0.2, 0.25) is 5.95 Å². The van der Waals surface area contributed by atoms with E-state index >= 15 is 0 Å². The Morgan fingerprint density at radius 3 is 2.41 bits per heavy atom. The van der Waals surface area contributed by atoms with Crippen LogP contribution in [0.5, 0.6) is 0 Å². The Morgan fingerprint density at radius 1 is 1.47 bits per heavy atom. The molecule has 0 aliphatic rings. The summed E-state index contributed by atoms with van der Waals surface area (Å²) in [6.07, 6.45) is 1.94. The number of aromatic nitrogens is 2. The molecule has 0 aliphatic carbocycles. The third kappa shape index (κ3) is 2.52. The van der Waals surface area contributed by atoms with Crippen LogP contribution in [0.1, 0.15) is 32.4 Å². The van der Waals surface area contributed by atoms with Gasteiger partial charge in [-0.1, -0.05) is 13.8 Å². The van der Waals surface area contributed by atoms with Crippen LogP contribution in [0.4, 0.5) is 5.95 Å². The Bertz CT molecular complexity index is 459. The first-order valence-electron chi connectivity index (χ1n) is 5.12. The van der Waals surface area contributed by atoms with Crippen molar-refractivity contribution in [3.05, 3.63) is 16.4 Å². The van der Waals surface area contributed by atoms with Gasteiger partial charge in [-0.2, -0.15) is 0 Å². The fourth-order valence-electron chi connectivity index (χ4n) is 1.84. The summed E-state index contributed by atoms with van der Waals surface area (Å²) in [5.74, 6) is 0.00271. The number of halogens is 1. The van der Waals surface area contributed by atoms with Gasteiger partial charge in [0.25, 0.3) is 0 Å². The van der Waals surface area contributed by atoms with Crippen LogP contribution in [0.15, 0.2) is 10.7 Å². The Kier molecular flexibility index (Phi) is 4.30. The van der Waals surface area contributed by atoms with E-state index in [9.17, 15) is 14.4 Å². The third-order valence-corrected chi connectivity index (χ3v) is 5.47. The summed E-state index contributed by atoms with van der Waals surface area (Å²) in [4.78, 5) is 26.9. The zero-order valence-electron chi connectivity index (χ0n) is 9.59. The molecular weight excluding hydrogens is 309 g/mol. The van der Waals surface area contributed by atoms with Crippen molar-refractivity contribution >= 4 is 29.5 Å². The molecule has 6 nitrogen and oxygen atoms in total. The zero-order chi connectivity index (χ0) is 13.3. The summed E-state index contributed by atoms with van der Waals surface area (Å²) >= 11 is 3.22. The van der Waals surface area contributed by atoms with Gasteiger partial charge in [0, 0.05) is 6.20 Å². The summed E-state index contributed by atoms with van der Waals surface area (Å²) in [6.45, 7) is 3.43. The minimum Gasteiger partial charge on any atom is -0.368 e. The normalized spacial score (nSPS) is 12.8. The molecule has 0 amide bonds. The van der Waals surface area contributed by atoms with E-state index in [1.54, 1.807) is 13.8 Å². The molecule has 96 valence electrons. The van der Waals surface area contributed by atoms with Crippen molar-refractivity contribution in [2.24, 2.45) is 0 Å². The standard InChI is InChI=1S/C9H15BrN3O3P/c1-3-9(4-2,17(14,15)16)7-6(10)5-12-8(11)13-7/h5H,3-4H2,1-2H3,(H2,11,12,13)(H2,14,15,16). The highest BCUT2D eigenvalue weighted by Crippen LogP contribution is 2.61. The maximum Gasteiger partial charge on any atom is 0.337 e. The summed E-state index contributed by atoms with van der Waals surface area (Å²) < 4.78 is 12.2. The Morgan fingerprint density at radius 2 is 2.00 bits per heavy atom. The Balaban J connectivity index is 3.53. The van der Waals surface area contributed by atoms with Crippen molar-refractivity contribution in [1.82, 2.24) is 9.97 Å². The highest BCUT2D eigenvalue weighted by molar-refractivity contribution is 9.10. The van der Waals surface area contributed by atoms with E-state index in [0.29, 0.717) is 4.47 Å². The number of nitrogens with zero attached hydrogens (tertiary/aromatic N) is 2. The Hall–Kier alpha value is -0.490. The van der Waals surface area contributed by atoms with Crippen LogP contribution < -0.4 is 5.73 Å². The molecule has 1 aromatic rings. The number of hydrogen-bond donors (Lipinski definition) is 3. The lowest BCUT2D eigenvalue weighted by Crippen LogP contribution is -2.27. The van der Waals surface area contributed by atoms with Crippen LogP contribution in [0.2, 0.25) is 0 Å². The minimum atomic E-state index is -4.35. The molecule has 0 aliphatic heterocycles. The number of hydrogen-bond acceptors (Lipinski definition) is 4. The van der Waals surface area contributed by atoms with Crippen LogP contribution in [-0.4, -0.2) is 19.8 Å². The molecule has 1 rings (SSSR count).